The summed E-state index contributed by atoms with van der Waals surface area (Å²) in [6.07, 6.45) is 0. The first kappa shape index (κ1) is 60.4. The van der Waals surface area contributed by atoms with Gasteiger partial charge in [0.1, 0.15) is 0 Å². The molecule has 0 aromatic heterocycles. The van der Waals surface area contributed by atoms with Crippen molar-refractivity contribution < 1.29 is 92.0 Å². The Morgan fingerprint density at radius 3 is 0.797 bits per heavy atom. The molecule has 0 saturated heterocycles. The molecule has 0 amide bonds. The van der Waals surface area contributed by atoms with Gasteiger partial charge in [-0.05, 0) is 95.8 Å². The molecule has 0 spiro atoms. The van der Waals surface area contributed by atoms with Crippen molar-refractivity contribution in [2.75, 3.05) is 0 Å². The van der Waals surface area contributed by atoms with Crippen LogP contribution < -0.4 is 18.9 Å². The fourth-order valence-corrected chi connectivity index (χ4v) is 11.7. The third-order valence-electron chi connectivity index (χ3n) is 8.71. The standard InChI is InChI=1S/C22H16Cl2F8S2.C22H14F8S2.Li.2H2O/c23-21(17-7-3-1-4-8-17)15-33(25,26,27,28)19-11-13-20(14-12-19)34(29,30,31,32)16-22(24)18-9-5-2-6-10-18;23-31(24,25,26,17-15-19-7-3-1-4-8-19)21-11-13-22(14-12-21)32(27,28,29,30)18-16-20-9-5-2-6-10-20;;;/h1-16H;1-14H;;2*1H2/q;;+1;;/p-2/b21-15-,22-16-;;;;. The van der Waals surface area contributed by atoms with Crippen molar-refractivity contribution in [3.05, 3.63) is 203 Å². The van der Waals surface area contributed by atoms with Crippen LogP contribution in [0.25, 0.3) is 10.1 Å². The molecule has 0 atom stereocenters. The minimum atomic E-state index is -9.30. The van der Waals surface area contributed by atoms with E-state index in [1.807, 2.05) is 0 Å². The minimum absolute atomic E-state index is 0. The van der Waals surface area contributed by atoms with Crippen LogP contribution in [0.4, 0.5) is 62.2 Å². The SMILES string of the molecule is FS(F)(F)(F)(/C=C(\Cl)c1ccccc1)c1ccc(S(F)(F)(F)(F)/C=C(\Cl)c2ccccc2)cc1.FS(F)(F)(F)(C#Cc1ccccc1)c1ccc(S(F)(F)(F)(F)C#Cc2ccccc2)cc1.[Li+].[OH-].[OH-]. The van der Waals surface area contributed by atoms with Gasteiger partial charge in [0.15, 0.2) is 0 Å². The first-order chi connectivity index (χ1) is 29.6. The Balaban J connectivity index is 0.000000454. The van der Waals surface area contributed by atoms with Crippen molar-refractivity contribution in [2.45, 2.75) is 19.6 Å². The van der Waals surface area contributed by atoms with Gasteiger partial charge in [-0.1, -0.05) is 120 Å². The third-order valence-corrected chi connectivity index (χ3v) is 17.0. The molecule has 0 heterocycles. The average Bonchev–Trinajstić information content (AvgIpc) is 3.22. The van der Waals surface area contributed by atoms with E-state index in [1.165, 1.54) is 121 Å². The first-order valence-electron chi connectivity index (χ1n) is 17.9. The van der Waals surface area contributed by atoms with Crippen LogP contribution in [0.5, 0.6) is 0 Å². The Bertz CT molecular complexity index is 2830. The summed E-state index contributed by atoms with van der Waals surface area (Å²) in [5.74, 6) is 3.31. The van der Waals surface area contributed by atoms with Crippen LogP contribution in [0.3, 0.4) is 0 Å². The van der Waals surface area contributed by atoms with Crippen molar-refractivity contribution in [2.24, 2.45) is 0 Å². The van der Waals surface area contributed by atoms with Crippen molar-refractivity contribution >= 4 is 72.6 Å². The van der Waals surface area contributed by atoms with Crippen LogP contribution in [-0.2, 0) is 0 Å². The van der Waals surface area contributed by atoms with Crippen LogP contribution in [0.2, 0.25) is 0 Å². The zero-order valence-electron chi connectivity index (χ0n) is 34.7. The van der Waals surface area contributed by atoms with Gasteiger partial charge in [0.25, 0.3) is 0 Å². The summed E-state index contributed by atoms with van der Waals surface area (Å²) in [6, 6.07) is 25.3. The number of benzene rings is 6. The summed E-state index contributed by atoms with van der Waals surface area (Å²) in [6.45, 7) is 0. The normalized spacial score (nSPS) is 16.2. The molecule has 0 saturated carbocycles. The van der Waals surface area contributed by atoms with Crippen LogP contribution in [-0.4, -0.2) is 11.0 Å². The fraction of sp³-hybridized carbons (Fsp3) is 0. The molecule has 0 radical (unpaired) electrons. The molecule has 0 bridgehead atoms. The summed E-state index contributed by atoms with van der Waals surface area (Å²) in [4.78, 5) is -8.10. The van der Waals surface area contributed by atoms with Crippen molar-refractivity contribution in [3.8, 4) is 22.3 Å². The van der Waals surface area contributed by atoms with Crippen molar-refractivity contribution in [1.82, 2.24) is 0 Å². The molecule has 372 valence electrons. The monoisotopic (exact) mass is 1100 g/mol. The molecule has 0 fully saturated rings. The summed E-state index contributed by atoms with van der Waals surface area (Å²) >= 11 is 11.3. The fourth-order valence-electron chi connectivity index (χ4n) is 5.36. The molecule has 6 rings (SSSR count). The van der Waals surface area contributed by atoms with Gasteiger partial charge in [-0.3, -0.25) is 0 Å². The van der Waals surface area contributed by atoms with E-state index >= 15 is 0 Å². The van der Waals surface area contributed by atoms with Crippen molar-refractivity contribution in [1.29, 1.82) is 0 Å². The van der Waals surface area contributed by atoms with Crippen LogP contribution in [0.1, 0.15) is 22.3 Å². The molecular formula is C44H32Cl2F16LiO2S4-. The van der Waals surface area contributed by atoms with Crippen LogP contribution in [0.15, 0.2) is 200 Å². The minimum Gasteiger partial charge on any atom is -0.870 e. The van der Waals surface area contributed by atoms with Gasteiger partial charge in [-0.25, -0.2) is 0 Å². The number of rotatable bonds is 8. The van der Waals surface area contributed by atoms with Crippen LogP contribution >= 0.6 is 62.6 Å². The predicted molar refractivity (Wildman–Crippen MR) is 245 cm³/mol. The van der Waals surface area contributed by atoms with E-state index < -0.39 is 79.8 Å². The number of halogens is 18. The van der Waals surface area contributed by atoms with E-state index in [0.717, 1.165) is 0 Å². The van der Waals surface area contributed by atoms with E-state index in [1.54, 1.807) is 11.8 Å². The second-order valence-corrected chi connectivity index (χ2v) is 26.6. The van der Waals surface area contributed by atoms with Gasteiger partial charge in [0, 0.05) is 21.6 Å². The quantitative estimate of drug-likeness (QED) is 0.0866. The molecule has 69 heavy (non-hydrogen) atoms. The van der Waals surface area contributed by atoms with Crippen molar-refractivity contribution in [3.63, 3.8) is 0 Å². The average molecular weight is 1100 g/mol. The molecule has 6 aromatic carbocycles. The van der Waals surface area contributed by atoms with Gasteiger partial charge in [-0.2, -0.15) is 0 Å². The third kappa shape index (κ3) is 15.1. The Hall–Kier alpha value is -4.70. The maximum atomic E-state index is 14.7. The second-order valence-electron chi connectivity index (χ2n) is 14.2. The molecule has 2 nitrogen and oxygen atoms in total. The summed E-state index contributed by atoms with van der Waals surface area (Å²) in [7, 11) is -37.1. The second kappa shape index (κ2) is 17.3. The number of hydrogen-bond donors (Lipinski definition) is 0. The molecule has 2 N–H and O–H groups in total. The molecule has 0 aliphatic rings. The molecule has 0 unspecified atom stereocenters. The Labute approximate surface area is 406 Å². The molecule has 0 aliphatic heterocycles. The van der Waals surface area contributed by atoms with E-state index in [4.69, 9.17) is 23.2 Å². The zero-order valence-corrected chi connectivity index (χ0v) is 39.4. The molecule has 0 aliphatic carbocycles. The summed E-state index contributed by atoms with van der Waals surface area (Å²) < 4.78 is 233. The van der Waals surface area contributed by atoms with E-state index in [0.29, 0.717) is 10.5 Å². The molecule has 25 heteroatoms. The Morgan fingerprint density at radius 1 is 0.333 bits per heavy atom. The molecule has 6 aromatic rings. The zero-order chi connectivity index (χ0) is 49.4. The maximum absolute atomic E-state index is 14.7. The van der Waals surface area contributed by atoms with Gasteiger partial charge in [-0.15, -0.1) is 62.2 Å². The molecular weight excluding hydrogens is 1070 g/mol. The summed E-state index contributed by atoms with van der Waals surface area (Å²) in [5.41, 5.74) is -0.584. The topological polar surface area (TPSA) is 60.0 Å². The number of hydrogen-bond acceptors (Lipinski definition) is 2. The van der Waals surface area contributed by atoms with Gasteiger partial charge < -0.3 is 11.0 Å². The maximum Gasteiger partial charge on any atom is 1.00 e. The largest absolute Gasteiger partial charge is 1.00 e. The van der Waals surface area contributed by atoms with Gasteiger partial charge >= 0.3 is 18.9 Å². The van der Waals surface area contributed by atoms with Crippen LogP contribution in [0, 0.1) is 22.3 Å². The smallest absolute Gasteiger partial charge is 0.870 e. The van der Waals surface area contributed by atoms with Gasteiger partial charge in [0.05, 0.1) is 40.5 Å². The predicted octanol–water partition coefficient (Wildman–Crippen LogP) is 17.6. The first-order valence-corrected chi connectivity index (χ1v) is 27.0. The Morgan fingerprint density at radius 2 is 0.551 bits per heavy atom. The Kier molecular flexibility index (Phi) is 15.1. The van der Waals surface area contributed by atoms with E-state index in [-0.39, 0.29) is 101 Å². The van der Waals surface area contributed by atoms with Gasteiger partial charge in [0.2, 0.25) is 39.4 Å². The van der Waals surface area contributed by atoms with E-state index in [9.17, 15) is 62.2 Å². The van der Waals surface area contributed by atoms with E-state index in [2.05, 4.69) is 0 Å². The summed E-state index contributed by atoms with van der Waals surface area (Å²) in [5, 5.41) is -2.14.